The Bertz CT molecular complexity index is 6050. The number of aromatic nitrogens is 7. The maximum Gasteiger partial charge on any atom is 0.222 e. The molecule has 0 spiro atoms. The molecule has 0 unspecified atom stereocenters. The Kier molecular flexibility index (Phi) is 28.0. The Morgan fingerprint density at radius 3 is 1.01 bits per heavy atom. The quantitative estimate of drug-likeness (QED) is 0.102. The summed E-state index contributed by atoms with van der Waals surface area (Å²) in [6, 6.07) is 71.6. The fourth-order valence-corrected chi connectivity index (χ4v) is 20.7. The molecule has 3 aliphatic carbocycles. The first kappa shape index (κ1) is 88.4. The molecule has 0 saturated heterocycles. The fraction of sp³-hybridized carbons (Fsp3) is 0.371. The van der Waals surface area contributed by atoms with E-state index < -0.39 is 0 Å². The number of hydrogen-bond acceptors (Lipinski definition) is 2. The lowest BCUT2D eigenvalue weighted by Gasteiger charge is -2.15. The van der Waals surface area contributed by atoms with E-state index in [1.54, 1.807) is 0 Å². The molecule has 0 bridgehead atoms. The Balaban J connectivity index is 0.000000125. The largest absolute Gasteiger partial charge is 0.264 e. The van der Waals surface area contributed by atoms with Gasteiger partial charge in [0, 0.05) is 101 Å². The summed E-state index contributed by atoms with van der Waals surface area (Å²) in [4.78, 5) is 8.61. The van der Waals surface area contributed by atoms with E-state index in [9.17, 15) is 0 Å². The first-order valence-electron chi connectivity index (χ1n) is 46.5. The van der Waals surface area contributed by atoms with Crippen LogP contribution in [0.5, 0.6) is 0 Å². The van der Waals surface area contributed by atoms with Crippen LogP contribution in [0.3, 0.4) is 0 Å². The lowest BCUT2D eigenvalue weighted by atomic mass is 9.91. The molecule has 15 aromatic rings. The van der Waals surface area contributed by atoms with Crippen molar-refractivity contribution in [1.82, 2.24) is 9.97 Å². The molecule has 7 heteroatoms. The number of nitrogens with zero attached hydrogens (tertiary/aromatic N) is 7. The van der Waals surface area contributed by atoms with Crippen molar-refractivity contribution < 1.29 is 22.8 Å². The van der Waals surface area contributed by atoms with Crippen LogP contribution < -0.4 is 22.8 Å². The second-order valence-electron chi connectivity index (χ2n) is 36.9. The van der Waals surface area contributed by atoms with Crippen molar-refractivity contribution in [3.63, 3.8) is 0 Å². The van der Waals surface area contributed by atoms with Gasteiger partial charge in [-0.15, -0.1) is 0 Å². The molecule has 0 radical (unpaired) electrons. The maximum absolute atomic E-state index is 4.36. The van der Waals surface area contributed by atoms with Gasteiger partial charge in [-0.25, -0.2) is 0 Å². The second kappa shape index (κ2) is 38.9. The summed E-state index contributed by atoms with van der Waals surface area (Å²) in [5.74, 6) is 3.59. The molecule has 7 heterocycles. The van der Waals surface area contributed by atoms with Gasteiger partial charge in [-0.2, -0.15) is 22.8 Å². The highest BCUT2D eigenvalue weighted by Gasteiger charge is 2.29. The zero-order chi connectivity index (χ0) is 87.2. The molecule has 8 aromatic carbocycles. The summed E-state index contributed by atoms with van der Waals surface area (Å²) in [6.07, 6.45) is 28.9. The van der Waals surface area contributed by atoms with Crippen LogP contribution in [0.1, 0.15) is 261 Å². The van der Waals surface area contributed by atoms with Crippen molar-refractivity contribution in [3.05, 3.63) is 314 Å². The van der Waals surface area contributed by atoms with Gasteiger partial charge in [0.25, 0.3) is 0 Å². The molecule has 0 amide bonds. The normalized spacial score (nSPS) is 13.7. The molecule has 3 saturated carbocycles. The minimum atomic E-state index is 0.646. The minimum absolute atomic E-state index is 0.646. The van der Waals surface area contributed by atoms with Crippen LogP contribution in [0.15, 0.2) is 213 Å². The molecule has 7 nitrogen and oxygen atoms in total. The zero-order valence-electron chi connectivity index (χ0n) is 78.5. The highest BCUT2D eigenvalue weighted by atomic mass is 15.0. The van der Waals surface area contributed by atoms with Crippen LogP contribution >= 0.6 is 0 Å². The van der Waals surface area contributed by atoms with Crippen molar-refractivity contribution >= 4 is 53.9 Å². The van der Waals surface area contributed by atoms with Gasteiger partial charge in [-0.1, -0.05) is 174 Å². The molecule has 632 valence electrons. The van der Waals surface area contributed by atoms with Gasteiger partial charge in [0.2, 0.25) is 28.5 Å². The number of aryl methyl sites for hydroxylation is 12. The minimum Gasteiger partial charge on any atom is -0.264 e. The third-order valence-corrected chi connectivity index (χ3v) is 28.9. The van der Waals surface area contributed by atoms with Crippen molar-refractivity contribution in [2.75, 3.05) is 0 Å². The van der Waals surface area contributed by atoms with Crippen molar-refractivity contribution in [3.8, 4) is 56.3 Å². The van der Waals surface area contributed by atoms with Crippen LogP contribution in [0.4, 0.5) is 0 Å². The molecule has 3 fully saturated rings. The summed E-state index contributed by atoms with van der Waals surface area (Å²) in [5.41, 5.74) is 37.6. The van der Waals surface area contributed by atoms with Gasteiger partial charge in [-0.05, 0) is 298 Å². The maximum atomic E-state index is 4.36. The number of fused-ring (bicyclic) bond motifs is 5. The second-order valence-corrected chi connectivity index (χ2v) is 36.9. The number of hydrogen-bond donors (Lipinski definition) is 0. The predicted molar refractivity (Wildman–Crippen MR) is 520 cm³/mol. The third kappa shape index (κ3) is 18.8. The molecular formula is C116H138N7+5. The van der Waals surface area contributed by atoms with E-state index in [-0.39, 0.29) is 0 Å². The van der Waals surface area contributed by atoms with Gasteiger partial charge >= 0.3 is 0 Å². The lowest BCUT2D eigenvalue weighted by Crippen LogP contribution is -2.35. The standard InChI is InChI=1S/C25H30N.C24H28N.C23H26N.2C22H27N2/c1-16-12-17(2)19(4)24(13-16)25-23-11-10-21(20-8-6-7-9-20)15-22(23)14-18(3)26(25)5;1-16-9-10-17(2)23(13-16)24-22-12-11-20(19-7-5-6-8-19)15-21(22)14-18(3)25(24)4;1-16-8-4-7-11-21(16)23-22-13-12-19(18-9-5-6-10-18)15-20(22)14-17(2)24(23)3;1-6-17(7-2)18-8-9-21-19(13-18)12-16(4)24(5)22(21)20-10-11-23-14-15(20)3;1-6-17(7-2)18-8-9-20-19(13-18)12-16(4)24(5)22(20)21-14-23-11-10-15(21)3/h10-15,20H,6-9H2,1-5H3;9-15,19H,5-8H2,1-4H3;4,7-8,11-15,18H,5-6,9-10H2,1-3H3;2*8-14,17H,6-7H2,1-5H3/q5*+1. The van der Waals surface area contributed by atoms with Crippen LogP contribution in [-0.4, -0.2) is 9.97 Å². The molecule has 0 N–H and O–H groups in total. The summed E-state index contributed by atoms with van der Waals surface area (Å²) < 4.78 is 11.6. The molecular weight excluding hydrogens is 1490 g/mol. The van der Waals surface area contributed by atoms with Crippen LogP contribution in [0.2, 0.25) is 0 Å². The van der Waals surface area contributed by atoms with E-state index >= 15 is 0 Å². The average molecular weight is 1630 g/mol. The van der Waals surface area contributed by atoms with Crippen LogP contribution in [-0.2, 0) is 35.2 Å². The summed E-state index contributed by atoms with van der Waals surface area (Å²) >= 11 is 0. The molecule has 3 aliphatic rings. The van der Waals surface area contributed by atoms with Gasteiger partial charge in [-0.3, -0.25) is 9.97 Å². The van der Waals surface area contributed by atoms with E-state index in [0.717, 1.165) is 17.8 Å². The highest BCUT2D eigenvalue weighted by molar-refractivity contribution is 5.99. The molecule has 0 atom stereocenters. The van der Waals surface area contributed by atoms with E-state index in [1.165, 1.54) is 314 Å². The summed E-state index contributed by atoms with van der Waals surface area (Å²) in [5, 5.41) is 13.5. The Hall–Kier alpha value is -10.9. The van der Waals surface area contributed by atoms with E-state index in [0.29, 0.717) is 11.8 Å². The SMILES string of the molecule is CCC(CC)c1ccc2c(-c3ccncc3C)[n+](C)c(C)cc2c1.CCC(CC)c1ccc2c(-c3cnccc3C)[n+](C)c(C)cc2c1.Cc1cc(C)c(C)c(-c2c3ccc(C4CCCC4)cc3cc(C)[n+]2C)c1.Cc1ccc(C)c(-c2c3ccc(C4CCCC4)cc3cc(C)[n+]2C)c1.Cc1ccccc1-c1c2ccc(C3CCCC3)cc2cc(C)[n+]1C. The van der Waals surface area contributed by atoms with E-state index in [2.05, 4.69) is 374 Å². The summed E-state index contributed by atoms with van der Waals surface area (Å²) in [6.45, 7) is 37.7. The molecule has 7 aromatic heterocycles. The van der Waals surface area contributed by atoms with Gasteiger partial charge in [0.05, 0.1) is 43.6 Å². The zero-order valence-corrected chi connectivity index (χ0v) is 78.5. The van der Waals surface area contributed by atoms with Gasteiger partial charge in [0.15, 0.2) is 28.5 Å². The van der Waals surface area contributed by atoms with Crippen LogP contribution in [0.25, 0.3) is 110 Å². The van der Waals surface area contributed by atoms with Crippen molar-refractivity contribution in [2.24, 2.45) is 35.2 Å². The summed E-state index contributed by atoms with van der Waals surface area (Å²) in [7, 11) is 10.9. The van der Waals surface area contributed by atoms with Crippen LogP contribution in [0, 0.1) is 90.0 Å². The average Bonchev–Trinajstić information content (AvgIpc) is 1.44. The first-order valence-corrected chi connectivity index (χ1v) is 46.5. The molecule has 0 aliphatic heterocycles. The molecule has 123 heavy (non-hydrogen) atoms. The van der Waals surface area contributed by atoms with Crippen molar-refractivity contribution in [2.45, 2.75) is 250 Å². The number of benzene rings is 8. The van der Waals surface area contributed by atoms with Gasteiger partial charge < -0.3 is 0 Å². The topological polar surface area (TPSA) is 45.2 Å². The van der Waals surface area contributed by atoms with Gasteiger partial charge in [0.1, 0.15) is 35.2 Å². The Morgan fingerprint density at radius 1 is 0.276 bits per heavy atom. The Morgan fingerprint density at radius 2 is 0.610 bits per heavy atom. The van der Waals surface area contributed by atoms with E-state index in [4.69, 9.17) is 0 Å². The monoisotopic (exact) mass is 1630 g/mol. The lowest BCUT2D eigenvalue weighted by molar-refractivity contribution is -0.665. The smallest absolute Gasteiger partial charge is 0.222 e. The Labute approximate surface area is 737 Å². The first-order chi connectivity index (χ1) is 59.3. The van der Waals surface area contributed by atoms with Crippen molar-refractivity contribution in [1.29, 1.82) is 0 Å². The number of rotatable bonds is 14. The molecule has 18 rings (SSSR count). The number of pyridine rings is 7. The fourth-order valence-electron chi connectivity index (χ4n) is 20.7. The predicted octanol–water partition coefficient (Wildman–Crippen LogP) is 28.2. The highest BCUT2D eigenvalue weighted by Crippen LogP contribution is 2.43. The van der Waals surface area contributed by atoms with E-state index in [1.807, 2.05) is 24.8 Å². The third-order valence-electron chi connectivity index (χ3n) is 28.9.